The van der Waals surface area contributed by atoms with Crippen molar-refractivity contribution in [1.82, 2.24) is 4.98 Å². The second kappa shape index (κ2) is 5.98. The first-order valence-corrected chi connectivity index (χ1v) is 7.84. The summed E-state index contributed by atoms with van der Waals surface area (Å²) in [4.78, 5) is 28.0. The molecule has 1 aromatic heterocycles. The third-order valence-corrected chi connectivity index (χ3v) is 4.12. The van der Waals surface area contributed by atoms with Gasteiger partial charge in [-0.3, -0.25) is 4.79 Å². The van der Waals surface area contributed by atoms with E-state index in [1.807, 2.05) is 24.3 Å². The topological polar surface area (TPSA) is 77.6 Å². The number of aromatic amines is 1. The van der Waals surface area contributed by atoms with Gasteiger partial charge in [-0.05, 0) is 31.2 Å². The Kier molecular flexibility index (Phi) is 3.65. The maximum absolute atomic E-state index is 12.6. The van der Waals surface area contributed by atoms with E-state index in [4.69, 9.17) is 14.2 Å². The number of hydrogen-bond acceptors (Lipinski definition) is 5. The molecule has 0 bridgehead atoms. The quantitative estimate of drug-likeness (QED) is 0.584. The van der Waals surface area contributed by atoms with Crippen LogP contribution in [0, 0.1) is 0 Å². The maximum atomic E-state index is 12.6. The molecule has 6 nitrogen and oxygen atoms in total. The van der Waals surface area contributed by atoms with E-state index in [-0.39, 0.29) is 12.6 Å². The normalized spacial score (nSPS) is 13.6. The number of carbonyl (C=O) groups is 2. The van der Waals surface area contributed by atoms with Gasteiger partial charge >= 0.3 is 5.97 Å². The smallest absolute Gasteiger partial charge is 0.338 e. The lowest BCUT2D eigenvalue weighted by Crippen LogP contribution is -2.24. The first kappa shape index (κ1) is 15.3. The zero-order chi connectivity index (χ0) is 17.4. The van der Waals surface area contributed by atoms with Crippen LogP contribution in [0.1, 0.15) is 27.6 Å². The Morgan fingerprint density at radius 1 is 1.12 bits per heavy atom. The van der Waals surface area contributed by atoms with Gasteiger partial charge in [-0.2, -0.15) is 0 Å². The Labute approximate surface area is 143 Å². The van der Waals surface area contributed by atoms with Crippen LogP contribution in [0.3, 0.4) is 0 Å². The van der Waals surface area contributed by atoms with Crippen LogP contribution >= 0.6 is 0 Å². The number of ketones is 1. The third kappa shape index (κ3) is 2.71. The van der Waals surface area contributed by atoms with E-state index >= 15 is 0 Å². The van der Waals surface area contributed by atoms with Crippen LogP contribution < -0.4 is 9.47 Å². The summed E-state index contributed by atoms with van der Waals surface area (Å²) in [6.45, 7) is 1.69. The summed E-state index contributed by atoms with van der Waals surface area (Å²) in [7, 11) is 0. The van der Waals surface area contributed by atoms with Crippen LogP contribution in [0.4, 0.5) is 0 Å². The van der Waals surface area contributed by atoms with E-state index in [0.717, 1.165) is 10.9 Å². The van der Waals surface area contributed by atoms with E-state index in [1.165, 1.54) is 0 Å². The number of aromatic nitrogens is 1. The molecule has 0 amide bonds. The van der Waals surface area contributed by atoms with Crippen molar-refractivity contribution in [2.24, 2.45) is 0 Å². The molecule has 0 saturated carbocycles. The Morgan fingerprint density at radius 3 is 2.80 bits per heavy atom. The highest BCUT2D eigenvalue weighted by molar-refractivity contribution is 6.10. The van der Waals surface area contributed by atoms with Crippen LogP contribution in [-0.4, -0.2) is 29.6 Å². The van der Waals surface area contributed by atoms with E-state index in [1.54, 1.807) is 31.3 Å². The summed E-state index contributed by atoms with van der Waals surface area (Å²) in [6, 6.07) is 12.3. The van der Waals surface area contributed by atoms with Crippen LogP contribution in [0.5, 0.6) is 11.5 Å². The molecule has 0 radical (unpaired) electrons. The molecular weight excluding hydrogens is 322 g/mol. The van der Waals surface area contributed by atoms with Crippen molar-refractivity contribution < 1.29 is 23.8 Å². The predicted octanol–water partition coefficient (Wildman–Crippen LogP) is 3.32. The second-order valence-electron chi connectivity index (χ2n) is 5.73. The van der Waals surface area contributed by atoms with Crippen molar-refractivity contribution in [3.63, 3.8) is 0 Å². The van der Waals surface area contributed by atoms with Crippen LogP contribution in [0.15, 0.2) is 48.7 Å². The first-order valence-electron chi connectivity index (χ1n) is 7.84. The molecule has 0 unspecified atom stereocenters. The standard InChI is InChI=1S/C19H15NO5/c1-11(18(21)14-9-20-15-5-3-2-4-13(14)15)25-19(22)12-6-7-16-17(8-12)24-10-23-16/h2-9,11,20H,10H2,1H3/t11-/m1/s1. The molecule has 0 aliphatic carbocycles. The van der Waals surface area contributed by atoms with Crippen molar-refractivity contribution in [2.75, 3.05) is 6.79 Å². The fourth-order valence-corrected chi connectivity index (χ4v) is 2.80. The van der Waals surface area contributed by atoms with Crippen LogP contribution in [-0.2, 0) is 4.74 Å². The number of Topliss-reactive ketones (excluding diaryl/α,β-unsaturated/α-hetero) is 1. The molecule has 126 valence electrons. The molecule has 6 heteroatoms. The summed E-state index contributed by atoms with van der Waals surface area (Å²) in [6.07, 6.45) is 0.731. The fraction of sp³-hybridized carbons (Fsp3) is 0.158. The Balaban J connectivity index is 1.52. The van der Waals surface area contributed by atoms with Gasteiger partial charge in [-0.1, -0.05) is 18.2 Å². The highest BCUT2D eigenvalue weighted by Gasteiger charge is 2.24. The van der Waals surface area contributed by atoms with E-state index in [9.17, 15) is 9.59 Å². The molecule has 1 N–H and O–H groups in total. The lowest BCUT2D eigenvalue weighted by atomic mass is 10.1. The monoisotopic (exact) mass is 337 g/mol. The number of nitrogens with one attached hydrogen (secondary N) is 1. The number of carbonyl (C=O) groups excluding carboxylic acids is 2. The lowest BCUT2D eigenvalue weighted by Gasteiger charge is -2.12. The molecule has 2 aromatic carbocycles. The van der Waals surface area contributed by atoms with Gasteiger partial charge in [0.25, 0.3) is 0 Å². The van der Waals surface area contributed by atoms with Gasteiger partial charge in [-0.15, -0.1) is 0 Å². The molecular formula is C19H15NO5. The van der Waals surface area contributed by atoms with E-state index in [0.29, 0.717) is 22.6 Å². The summed E-state index contributed by atoms with van der Waals surface area (Å²) < 4.78 is 15.8. The molecule has 3 aromatic rings. The van der Waals surface area contributed by atoms with Crippen molar-refractivity contribution in [2.45, 2.75) is 13.0 Å². The molecule has 0 spiro atoms. The van der Waals surface area contributed by atoms with Gasteiger partial charge in [0.05, 0.1) is 5.56 Å². The minimum Gasteiger partial charge on any atom is -0.454 e. The minimum atomic E-state index is -0.905. The zero-order valence-electron chi connectivity index (χ0n) is 13.4. The number of fused-ring (bicyclic) bond motifs is 2. The van der Waals surface area contributed by atoms with Crippen molar-refractivity contribution in [3.05, 3.63) is 59.8 Å². The fourth-order valence-electron chi connectivity index (χ4n) is 2.80. The van der Waals surface area contributed by atoms with E-state index in [2.05, 4.69) is 4.98 Å². The van der Waals surface area contributed by atoms with Gasteiger partial charge in [0.15, 0.2) is 17.6 Å². The molecule has 1 aliphatic rings. The number of hydrogen-bond donors (Lipinski definition) is 1. The number of H-pyrrole nitrogens is 1. The average molecular weight is 337 g/mol. The van der Waals surface area contributed by atoms with Gasteiger partial charge < -0.3 is 19.2 Å². The molecule has 0 saturated heterocycles. The zero-order valence-corrected chi connectivity index (χ0v) is 13.4. The largest absolute Gasteiger partial charge is 0.454 e. The predicted molar refractivity (Wildman–Crippen MR) is 90.1 cm³/mol. The van der Waals surface area contributed by atoms with Crippen LogP contribution in [0.2, 0.25) is 0 Å². The Hall–Kier alpha value is -3.28. The number of ether oxygens (including phenoxy) is 3. The molecule has 4 rings (SSSR count). The summed E-state index contributed by atoms with van der Waals surface area (Å²) in [5.41, 5.74) is 1.67. The van der Waals surface area contributed by atoms with Crippen LogP contribution in [0.25, 0.3) is 10.9 Å². The van der Waals surface area contributed by atoms with Crippen molar-refractivity contribution >= 4 is 22.7 Å². The Morgan fingerprint density at radius 2 is 1.92 bits per heavy atom. The second-order valence-corrected chi connectivity index (χ2v) is 5.73. The molecule has 2 heterocycles. The highest BCUT2D eigenvalue weighted by Crippen LogP contribution is 2.32. The highest BCUT2D eigenvalue weighted by atomic mass is 16.7. The number of para-hydroxylation sites is 1. The Bertz CT molecular complexity index is 975. The third-order valence-electron chi connectivity index (χ3n) is 4.12. The molecule has 1 atom stereocenters. The number of rotatable bonds is 4. The van der Waals surface area contributed by atoms with Gasteiger partial charge in [0.2, 0.25) is 12.6 Å². The molecule has 1 aliphatic heterocycles. The molecule has 0 fully saturated rings. The average Bonchev–Trinajstić information content (AvgIpc) is 3.26. The maximum Gasteiger partial charge on any atom is 0.338 e. The number of benzene rings is 2. The minimum absolute atomic E-state index is 0.128. The van der Waals surface area contributed by atoms with Gasteiger partial charge in [0.1, 0.15) is 0 Å². The number of esters is 1. The summed E-state index contributed by atoms with van der Waals surface area (Å²) in [5.74, 6) is 0.232. The van der Waals surface area contributed by atoms with E-state index < -0.39 is 12.1 Å². The van der Waals surface area contributed by atoms with Crippen molar-refractivity contribution in [1.29, 1.82) is 0 Å². The summed E-state index contributed by atoms with van der Waals surface area (Å²) >= 11 is 0. The van der Waals surface area contributed by atoms with Gasteiger partial charge in [0, 0.05) is 22.7 Å². The first-order chi connectivity index (χ1) is 12.1. The molecule has 25 heavy (non-hydrogen) atoms. The SMILES string of the molecule is C[C@@H](OC(=O)c1ccc2c(c1)OCO2)C(=O)c1c[nH]c2ccccc12. The summed E-state index contributed by atoms with van der Waals surface area (Å²) in [5, 5.41) is 0.804. The van der Waals surface area contributed by atoms with Crippen molar-refractivity contribution in [3.8, 4) is 11.5 Å². The lowest BCUT2D eigenvalue weighted by molar-refractivity contribution is 0.0319. The van der Waals surface area contributed by atoms with Gasteiger partial charge in [-0.25, -0.2) is 4.79 Å².